The molecule has 1 aliphatic rings. The molecular formula is C22H41N3O3. The number of nitrogens with one attached hydrogen (secondary N) is 1. The van der Waals surface area contributed by atoms with Crippen LogP contribution in [0.25, 0.3) is 0 Å². The number of carbonyl (C=O) groups is 3. The Morgan fingerprint density at radius 2 is 1.79 bits per heavy atom. The lowest BCUT2D eigenvalue weighted by molar-refractivity contribution is -0.143. The van der Waals surface area contributed by atoms with E-state index in [1.54, 1.807) is 16.8 Å². The second-order valence-electron chi connectivity index (χ2n) is 8.45. The third-order valence-electron chi connectivity index (χ3n) is 5.83. The summed E-state index contributed by atoms with van der Waals surface area (Å²) in [4.78, 5) is 42.2. The molecule has 1 saturated heterocycles. The number of rotatable bonds is 11. The predicted molar refractivity (Wildman–Crippen MR) is 113 cm³/mol. The molecule has 0 saturated carbocycles. The number of Topliss-reactive ketones (excluding diaryl/α,β-unsaturated/α-hetero) is 1. The first kappa shape index (κ1) is 24.4. The van der Waals surface area contributed by atoms with Gasteiger partial charge in [-0.2, -0.15) is 0 Å². The van der Waals surface area contributed by atoms with Gasteiger partial charge in [0.25, 0.3) is 0 Å². The Morgan fingerprint density at radius 3 is 2.32 bits per heavy atom. The minimum Gasteiger partial charge on any atom is -0.338 e. The van der Waals surface area contributed by atoms with Crippen molar-refractivity contribution < 1.29 is 14.4 Å². The van der Waals surface area contributed by atoms with Gasteiger partial charge in [0.15, 0.2) is 5.78 Å². The van der Waals surface area contributed by atoms with Gasteiger partial charge in [-0.25, -0.2) is 4.79 Å². The van der Waals surface area contributed by atoms with Crippen LogP contribution in [-0.2, 0) is 9.59 Å². The van der Waals surface area contributed by atoms with E-state index in [1.165, 1.54) is 0 Å². The van der Waals surface area contributed by atoms with Crippen molar-refractivity contribution in [1.29, 1.82) is 0 Å². The topological polar surface area (TPSA) is 69.7 Å². The van der Waals surface area contributed by atoms with Crippen molar-refractivity contribution in [2.75, 3.05) is 20.1 Å². The average Bonchev–Trinajstić information content (AvgIpc) is 3.15. The number of unbranched alkanes of at least 4 members (excludes halogenated alkanes) is 1. The van der Waals surface area contributed by atoms with Crippen molar-refractivity contribution in [3.63, 3.8) is 0 Å². The van der Waals surface area contributed by atoms with E-state index in [-0.39, 0.29) is 23.6 Å². The first-order valence-electron chi connectivity index (χ1n) is 11.1. The molecule has 1 heterocycles. The zero-order valence-corrected chi connectivity index (χ0v) is 18.8. The van der Waals surface area contributed by atoms with Crippen molar-refractivity contribution >= 4 is 17.7 Å². The molecule has 0 radical (unpaired) electrons. The summed E-state index contributed by atoms with van der Waals surface area (Å²) in [6.45, 7) is 11.5. The van der Waals surface area contributed by atoms with Crippen molar-refractivity contribution in [3.05, 3.63) is 0 Å². The van der Waals surface area contributed by atoms with E-state index in [0.29, 0.717) is 31.8 Å². The number of urea groups is 1. The molecule has 0 aromatic rings. The molecule has 1 aliphatic heterocycles. The molecule has 6 nitrogen and oxygen atoms in total. The largest absolute Gasteiger partial charge is 0.338 e. The van der Waals surface area contributed by atoms with E-state index < -0.39 is 12.1 Å². The molecular weight excluding hydrogens is 354 g/mol. The number of ketones is 1. The smallest absolute Gasteiger partial charge is 0.318 e. The molecule has 0 spiro atoms. The summed E-state index contributed by atoms with van der Waals surface area (Å²) in [5.74, 6) is 0.353. The average molecular weight is 396 g/mol. The number of carbonyl (C=O) groups excluding carboxylic acids is 3. The molecule has 1 N–H and O–H groups in total. The Labute approximate surface area is 171 Å². The fourth-order valence-corrected chi connectivity index (χ4v) is 4.00. The fourth-order valence-electron chi connectivity index (χ4n) is 4.00. The van der Waals surface area contributed by atoms with Gasteiger partial charge < -0.3 is 15.1 Å². The minimum absolute atomic E-state index is 0.0176. The van der Waals surface area contributed by atoms with Gasteiger partial charge in [-0.1, -0.05) is 41.0 Å². The Balaban J connectivity index is 2.92. The summed E-state index contributed by atoms with van der Waals surface area (Å²) in [5, 5.41) is 2.92. The standard InChI is InChI=1S/C22H41N3O3/c1-7-10-13-23-22(28)25-14-11-12-18(25)21(27)24(6)19(15-16(4)5)20(26)17(8-2)9-3/h16-19H,7-15H2,1-6H3,(H,23,28)/t18-,19+/m0/s1. The van der Waals surface area contributed by atoms with Gasteiger partial charge in [0.1, 0.15) is 6.04 Å². The second kappa shape index (κ2) is 12.1. The number of hydrogen-bond donors (Lipinski definition) is 1. The van der Waals surface area contributed by atoms with Crippen LogP contribution < -0.4 is 5.32 Å². The molecule has 2 atom stereocenters. The van der Waals surface area contributed by atoms with Crippen LogP contribution >= 0.6 is 0 Å². The Morgan fingerprint density at radius 1 is 1.14 bits per heavy atom. The van der Waals surface area contributed by atoms with Crippen LogP contribution in [0.4, 0.5) is 4.79 Å². The zero-order valence-electron chi connectivity index (χ0n) is 18.8. The van der Waals surface area contributed by atoms with Crippen molar-refractivity contribution in [1.82, 2.24) is 15.1 Å². The first-order chi connectivity index (χ1) is 13.3. The number of hydrogen-bond acceptors (Lipinski definition) is 3. The normalized spacial score (nSPS) is 17.9. The molecule has 162 valence electrons. The van der Waals surface area contributed by atoms with Gasteiger partial charge in [0.2, 0.25) is 5.91 Å². The fraction of sp³-hybridized carbons (Fsp3) is 0.864. The Kier molecular flexibility index (Phi) is 10.5. The highest BCUT2D eigenvalue weighted by atomic mass is 16.2. The molecule has 0 aliphatic carbocycles. The summed E-state index contributed by atoms with van der Waals surface area (Å²) in [6.07, 6.45) is 5.67. The lowest BCUT2D eigenvalue weighted by Crippen LogP contribution is -2.54. The maximum absolute atomic E-state index is 13.3. The highest BCUT2D eigenvalue weighted by molar-refractivity contribution is 5.93. The van der Waals surface area contributed by atoms with Crippen molar-refractivity contribution in [3.8, 4) is 0 Å². The van der Waals surface area contributed by atoms with E-state index in [2.05, 4.69) is 26.1 Å². The highest BCUT2D eigenvalue weighted by Crippen LogP contribution is 2.24. The van der Waals surface area contributed by atoms with Crippen LogP contribution in [0.5, 0.6) is 0 Å². The van der Waals surface area contributed by atoms with Gasteiger partial charge in [-0.3, -0.25) is 9.59 Å². The summed E-state index contributed by atoms with van der Waals surface area (Å²) in [5.41, 5.74) is 0. The minimum atomic E-state index is -0.462. The third-order valence-corrected chi connectivity index (χ3v) is 5.83. The van der Waals surface area contributed by atoms with E-state index in [9.17, 15) is 14.4 Å². The van der Waals surface area contributed by atoms with E-state index >= 15 is 0 Å². The molecule has 0 unspecified atom stereocenters. The van der Waals surface area contributed by atoms with Crippen LogP contribution in [-0.4, -0.2) is 59.7 Å². The van der Waals surface area contributed by atoms with Gasteiger partial charge >= 0.3 is 6.03 Å². The van der Waals surface area contributed by atoms with Crippen LogP contribution in [0, 0.1) is 11.8 Å². The molecule has 0 aromatic heterocycles. The van der Waals surface area contributed by atoms with E-state index in [0.717, 1.165) is 32.1 Å². The van der Waals surface area contributed by atoms with E-state index in [1.807, 2.05) is 13.8 Å². The number of nitrogens with zero attached hydrogens (tertiary/aromatic N) is 2. The molecule has 28 heavy (non-hydrogen) atoms. The van der Waals surface area contributed by atoms with E-state index in [4.69, 9.17) is 0 Å². The van der Waals surface area contributed by atoms with Gasteiger partial charge in [0, 0.05) is 26.1 Å². The lowest BCUT2D eigenvalue weighted by Gasteiger charge is -2.34. The second-order valence-corrected chi connectivity index (χ2v) is 8.45. The molecule has 0 bridgehead atoms. The number of amides is 3. The molecule has 0 aromatic carbocycles. The molecule has 6 heteroatoms. The van der Waals surface area contributed by atoms with Crippen LogP contribution in [0.1, 0.15) is 79.6 Å². The first-order valence-corrected chi connectivity index (χ1v) is 11.1. The van der Waals surface area contributed by atoms with Crippen molar-refractivity contribution in [2.24, 2.45) is 11.8 Å². The summed E-state index contributed by atoms with van der Waals surface area (Å²) < 4.78 is 0. The molecule has 1 rings (SSSR count). The lowest BCUT2D eigenvalue weighted by atomic mass is 9.88. The van der Waals surface area contributed by atoms with Crippen LogP contribution in [0.3, 0.4) is 0 Å². The zero-order chi connectivity index (χ0) is 21.3. The Hall–Kier alpha value is -1.59. The van der Waals surface area contributed by atoms with Crippen LogP contribution in [0.2, 0.25) is 0 Å². The predicted octanol–water partition coefficient (Wildman–Crippen LogP) is 3.84. The third kappa shape index (κ3) is 6.49. The summed E-state index contributed by atoms with van der Waals surface area (Å²) >= 11 is 0. The van der Waals surface area contributed by atoms with Gasteiger partial charge in [-0.05, 0) is 44.4 Å². The Bertz CT molecular complexity index is 517. The quantitative estimate of drug-likeness (QED) is 0.540. The number of likely N-dealkylation sites (N-methyl/N-ethyl adjacent to an activating group) is 1. The SMILES string of the molecule is CCCCNC(=O)N1CCC[C@H]1C(=O)N(C)[C@H](CC(C)C)C(=O)C(CC)CC. The highest BCUT2D eigenvalue weighted by Gasteiger charge is 2.39. The number of likely N-dealkylation sites (tertiary alicyclic amines) is 1. The van der Waals surface area contributed by atoms with Crippen molar-refractivity contribution in [2.45, 2.75) is 91.6 Å². The van der Waals surface area contributed by atoms with Gasteiger partial charge in [-0.15, -0.1) is 0 Å². The summed E-state index contributed by atoms with van der Waals surface area (Å²) in [6, 6.07) is -1.04. The maximum Gasteiger partial charge on any atom is 0.318 e. The maximum atomic E-state index is 13.3. The van der Waals surface area contributed by atoms with Gasteiger partial charge in [0.05, 0.1) is 6.04 Å². The van der Waals surface area contributed by atoms with Crippen LogP contribution in [0.15, 0.2) is 0 Å². The molecule has 3 amide bonds. The molecule has 1 fully saturated rings. The monoisotopic (exact) mass is 395 g/mol. The summed E-state index contributed by atoms with van der Waals surface area (Å²) in [7, 11) is 1.74.